The number of nitrogens with two attached hydrogens (primary N) is 1. The zero-order valence-corrected chi connectivity index (χ0v) is 41.8. The number of benzene rings is 2. The van der Waals surface area contributed by atoms with Crippen LogP contribution in [0.1, 0.15) is 125 Å². The van der Waals surface area contributed by atoms with E-state index >= 15 is 0 Å². The maximum Gasteiger partial charge on any atom is 0.407 e. The predicted molar refractivity (Wildman–Crippen MR) is 249 cm³/mol. The van der Waals surface area contributed by atoms with E-state index in [9.17, 15) is 39.2 Å². The van der Waals surface area contributed by atoms with Crippen LogP contribution >= 0.6 is 0 Å². The molecule has 3 N–H and O–H groups in total. The molecule has 2 saturated heterocycles. The number of alkyl halides is 4. The third kappa shape index (κ3) is 11.6. The van der Waals surface area contributed by atoms with Crippen molar-refractivity contribution in [3.8, 4) is 0 Å². The number of carbonyl (C=O) groups excluding carboxylic acids is 1. The Balaban J connectivity index is 0.000000203. The summed E-state index contributed by atoms with van der Waals surface area (Å²) in [5, 5.41) is 2.70. The lowest BCUT2D eigenvalue weighted by atomic mass is 9.86. The Morgan fingerprint density at radius 3 is 1.39 bits per heavy atom. The van der Waals surface area contributed by atoms with Gasteiger partial charge < -0.3 is 24.9 Å². The molecule has 4 aromatic rings. The number of ether oxygens (including phenoxy) is 1. The first kappa shape index (κ1) is 51.0. The van der Waals surface area contributed by atoms with Gasteiger partial charge in [0.2, 0.25) is 31.9 Å². The van der Waals surface area contributed by atoms with E-state index in [-0.39, 0.29) is 83.3 Å². The number of nitrogens with zero attached hydrogens (tertiary/aromatic N) is 6. The first-order valence-corrected chi connectivity index (χ1v) is 26.2. The second-order valence-corrected chi connectivity index (χ2v) is 26.1. The summed E-state index contributed by atoms with van der Waals surface area (Å²) in [5.74, 6) is -3.20. The molecule has 14 nitrogen and oxygen atoms in total. The Labute approximate surface area is 392 Å². The molecule has 4 fully saturated rings. The topological polar surface area (TPSA) is 175 Å². The molecule has 0 radical (unpaired) electrons. The van der Waals surface area contributed by atoms with Crippen molar-refractivity contribution in [2.45, 2.75) is 177 Å². The summed E-state index contributed by atoms with van der Waals surface area (Å²) in [7, 11) is -7.35. The molecule has 2 aromatic carbocycles. The highest BCUT2D eigenvalue weighted by molar-refractivity contribution is 7.89. The first-order chi connectivity index (χ1) is 30.8. The molecular formula is C47H68F4N8O6S2. The Kier molecular flexibility index (Phi) is 13.8. The molecule has 372 valence electrons. The van der Waals surface area contributed by atoms with Crippen LogP contribution in [-0.2, 0) is 48.7 Å². The fourth-order valence-electron chi connectivity index (χ4n) is 9.30. The molecule has 0 spiro atoms. The van der Waals surface area contributed by atoms with E-state index in [0.29, 0.717) is 62.9 Å². The zero-order chi connectivity index (χ0) is 49.3. The summed E-state index contributed by atoms with van der Waals surface area (Å²) in [5.41, 5.74) is 7.36. The van der Waals surface area contributed by atoms with Gasteiger partial charge in [0.05, 0.1) is 37.9 Å². The second kappa shape index (κ2) is 18.2. The molecule has 20 heteroatoms. The Hall–Kier alpha value is -3.85. The van der Waals surface area contributed by atoms with E-state index < -0.39 is 43.6 Å². The van der Waals surface area contributed by atoms with Gasteiger partial charge in [-0.1, -0.05) is 41.5 Å². The molecule has 0 unspecified atom stereocenters. The normalized spacial score (nSPS) is 20.9. The Morgan fingerprint density at radius 1 is 0.672 bits per heavy atom. The van der Waals surface area contributed by atoms with Gasteiger partial charge in [-0.25, -0.2) is 49.2 Å². The standard InChI is InChI=1S/C26H38F2N4O4S.C21H30F2N4O2S/c1-24(2,3)22-30-20-13-19(7-8-21(20)32(22)14-17-9-11-26(27,28)12-10-17)37(34,35)31-15-18(16-31)29-23(33)36-25(4,5)6;1-20(2,3)19-25-17-10-16(30(28,29)26-12-15(24)13-26)4-5-18(17)27(19)11-14-6-8-21(22,23)9-7-14/h7-8,13,17-18H,9-12,14-16H2,1-6H3,(H,29,33);4-5,10,14-15H,6-9,11-13,24H2,1-3H3. The number of aromatic nitrogens is 4. The summed E-state index contributed by atoms with van der Waals surface area (Å²) < 4.78 is 119. The lowest BCUT2D eigenvalue weighted by Gasteiger charge is -2.38. The number of halogens is 4. The number of amides is 1. The van der Waals surface area contributed by atoms with Gasteiger partial charge in [0.1, 0.15) is 17.2 Å². The van der Waals surface area contributed by atoms with Crippen molar-refractivity contribution in [2.24, 2.45) is 17.6 Å². The third-order valence-corrected chi connectivity index (χ3v) is 16.7. The lowest BCUT2D eigenvalue weighted by Crippen LogP contribution is -2.61. The minimum atomic E-state index is -3.77. The van der Waals surface area contributed by atoms with Gasteiger partial charge in [0.25, 0.3) is 0 Å². The first-order valence-electron chi connectivity index (χ1n) is 23.3. The van der Waals surface area contributed by atoms with Crippen molar-refractivity contribution in [3.05, 3.63) is 48.0 Å². The zero-order valence-electron chi connectivity index (χ0n) is 40.2. The number of carbonyl (C=O) groups is 1. The maximum atomic E-state index is 13.7. The van der Waals surface area contributed by atoms with Crippen LogP contribution in [0.4, 0.5) is 22.4 Å². The minimum Gasteiger partial charge on any atom is -0.444 e. The Bertz CT molecular complexity index is 2670. The van der Waals surface area contributed by atoms with Crippen LogP contribution in [0.3, 0.4) is 0 Å². The monoisotopic (exact) mass is 980 g/mol. The van der Waals surface area contributed by atoms with Gasteiger partial charge in [0, 0.05) is 81.8 Å². The van der Waals surface area contributed by atoms with E-state index in [0.717, 1.165) is 22.7 Å². The van der Waals surface area contributed by atoms with E-state index in [4.69, 9.17) is 20.4 Å². The minimum absolute atomic E-state index is 0.0739. The summed E-state index contributed by atoms with van der Waals surface area (Å²) >= 11 is 0. The maximum absolute atomic E-state index is 13.7. The predicted octanol–water partition coefficient (Wildman–Crippen LogP) is 8.55. The largest absolute Gasteiger partial charge is 0.444 e. The average Bonchev–Trinajstić information content (AvgIpc) is 3.74. The van der Waals surface area contributed by atoms with Crippen LogP contribution in [0.25, 0.3) is 22.1 Å². The van der Waals surface area contributed by atoms with E-state index in [1.807, 2.05) is 20.8 Å². The second-order valence-electron chi connectivity index (χ2n) is 22.2. The molecule has 67 heavy (non-hydrogen) atoms. The summed E-state index contributed by atoms with van der Waals surface area (Å²) in [6, 6.07) is 9.52. The van der Waals surface area contributed by atoms with Crippen LogP contribution in [0.5, 0.6) is 0 Å². The van der Waals surface area contributed by atoms with Crippen LogP contribution in [0.2, 0.25) is 0 Å². The van der Waals surface area contributed by atoms with E-state index in [1.165, 1.54) is 8.61 Å². The van der Waals surface area contributed by atoms with Crippen molar-refractivity contribution in [1.29, 1.82) is 0 Å². The number of imidazole rings is 2. The number of fused-ring (bicyclic) bond motifs is 2. The number of sulfonamides is 2. The highest BCUT2D eigenvalue weighted by atomic mass is 32.2. The average molecular weight is 981 g/mol. The lowest BCUT2D eigenvalue weighted by molar-refractivity contribution is -0.0478. The summed E-state index contributed by atoms with van der Waals surface area (Å²) in [6.45, 7) is 19.7. The van der Waals surface area contributed by atoms with Crippen LogP contribution < -0.4 is 11.1 Å². The van der Waals surface area contributed by atoms with Crippen molar-refractivity contribution < 1.29 is 43.9 Å². The summed E-state index contributed by atoms with van der Waals surface area (Å²) in [6.07, 6.45) is 0.958. The molecule has 4 heterocycles. The van der Waals surface area contributed by atoms with Crippen LogP contribution in [0, 0.1) is 11.8 Å². The van der Waals surface area contributed by atoms with Crippen LogP contribution in [-0.4, -0.2) is 106 Å². The smallest absolute Gasteiger partial charge is 0.407 e. The summed E-state index contributed by atoms with van der Waals surface area (Å²) in [4.78, 5) is 21.9. The molecule has 2 aromatic heterocycles. The van der Waals surface area contributed by atoms with Gasteiger partial charge in [0.15, 0.2) is 0 Å². The fourth-order valence-corrected chi connectivity index (χ4v) is 12.4. The molecule has 2 aliphatic carbocycles. The van der Waals surface area contributed by atoms with Crippen LogP contribution in [0.15, 0.2) is 46.2 Å². The SMILES string of the molecule is CC(C)(C)OC(=O)NC1CN(S(=O)(=O)c2ccc3c(c2)nc(C(C)(C)C)n3CC2CCC(F)(F)CC2)C1.CC(C)(C)c1nc2cc(S(=O)(=O)N3CC(N)C3)ccc2n1CC1CCC(F)(F)CC1. The number of rotatable bonds is 9. The van der Waals surface area contributed by atoms with E-state index in [1.54, 1.807) is 57.2 Å². The van der Waals surface area contributed by atoms with Crippen molar-refractivity contribution >= 4 is 48.2 Å². The van der Waals surface area contributed by atoms with Crippen molar-refractivity contribution in [1.82, 2.24) is 33.0 Å². The molecule has 2 aliphatic heterocycles. The van der Waals surface area contributed by atoms with Crippen molar-refractivity contribution in [2.75, 3.05) is 26.2 Å². The number of nitrogens with one attached hydrogen (secondary N) is 1. The van der Waals surface area contributed by atoms with Gasteiger partial charge >= 0.3 is 6.09 Å². The van der Waals surface area contributed by atoms with Crippen molar-refractivity contribution in [3.63, 3.8) is 0 Å². The molecule has 0 bridgehead atoms. The highest BCUT2D eigenvalue weighted by Crippen LogP contribution is 2.40. The fraction of sp³-hybridized carbons (Fsp3) is 0.681. The van der Waals surface area contributed by atoms with Gasteiger partial charge in [-0.05, 0) is 94.7 Å². The van der Waals surface area contributed by atoms with Gasteiger partial charge in [-0.3, -0.25) is 0 Å². The highest BCUT2D eigenvalue weighted by Gasteiger charge is 2.41. The molecule has 2 saturated carbocycles. The molecule has 0 atom stereocenters. The van der Waals surface area contributed by atoms with Gasteiger partial charge in [-0.2, -0.15) is 8.61 Å². The third-order valence-electron chi connectivity index (χ3n) is 13.1. The number of hydrogen-bond acceptors (Lipinski definition) is 9. The molecule has 1 amide bonds. The molecule has 8 rings (SSSR count). The quantitative estimate of drug-likeness (QED) is 0.156. The van der Waals surface area contributed by atoms with Gasteiger partial charge in [-0.15, -0.1) is 0 Å². The molecule has 4 aliphatic rings. The number of hydrogen-bond donors (Lipinski definition) is 2. The Morgan fingerprint density at radius 2 is 1.04 bits per heavy atom. The molecular weight excluding hydrogens is 913 g/mol. The van der Waals surface area contributed by atoms with E-state index in [2.05, 4.69) is 35.2 Å². The number of alkyl carbamates (subject to hydrolysis) is 1.